The highest BCUT2D eigenvalue weighted by Crippen LogP contribution is 2.36. The second kappa shape index (κ2) is 7.84. The van der Waals surface area contributed by atoms with Crippen LogP contribution in [0.25, 0.3) is 10.9 Å². The molecular weight excluding hydrogens is 446 g/mol. The lowest BCUT2D eigenvalue weighted by atomic mass is 9.99. The van der Waals surface area contributed by atoms with Crippen molar-refractivity contribution >= 4 is 22.7 Å². The maximum absolute atomic E-state index is 13.1. The van der Waals surface area contributed by atoms with Crippen LogP contribution in [0.4, 0.5) is 26.3 Å². The van der Waals surface area contributed by atoms with Crippen LogP contribution in [-0.4, -0.2) is 34.9 Å². The second-order valence-electron chi connectivity index (χ2n) is 6.91. The molecule has 0 N–H and O–H groups in total. The molecule has 0 saturated carbocycles. The molecule has 0 aliphatic rings. The number of hydrogen-bond donors (Lipinski definition) is 0. The van der Waals surface area contributed by atoms with Gasteiger partial charge in [0.2, 0.25) is 0 Å². The first kappa shape index (κ1) is 23.1. The summed E-state index contributed by atoms with van der Waals surface area (Å²) < 4.78 is 81.4. The Bertz CT molecular complexity index is 1200. The van der Waals surface area contributed by atoms with Crippen LogP contribution >= 0.6 is 0 Å². The SMILES string of the molecule is Cc1ccc2c(c1)c(C(=O)c1ccccc1C(=O)OC(C(F)(F)F)C(F)(F)F)[n+]([O-])n2C. The molecule has 1 heterocycles. The standard InChI is InChI=1S/C20H14F6N2O4/c1-10-7-8-14-13(9-10)15(28(31)27(14)2)16(29)11-5-3-4-6-12(11)17(30)32-18(19(21,22)23)20(24,25)26/h3-9,18H,1-2H3. The van der Waals surface area contributed by atoms with Crippen LogP contribution < -0.4 is 4.85 Å². The van der Waals surface area contributed by atoms with Gasteiger partial charge in [-0.05, 0) is 31.2 Å². The van der Waals surface area contributed by atoms with Crippen LogP contribution in [0.15, 0.2) is 42.5 Å². The Kier molecular flexibility index (Phi) is 5.66. The van der Waals surface area contributed by atoms with Crippen LogP contribution in [0.1, 0.15) is 32.0 Å². The van der Waals surface area contributed by atoms with Crippen molar-refractivity contribution < 1.29 is 45.5 Å². The summed E-state index contributed by atoms with van der Waals surface area (Å²) in [6.07, 6.45) is -16.2. The summed E-state index contributed by atoms with van der Waals surface area (Å²) in [5.41, 5.74) is -0.846. The fourth-order valence-corrected chi connectivity index (χ4v) is 3.16. The third kappa shape index (κ3) is 4.12. The predicted molar refractivity (Wildman–Crippen MR) is 97.8 cm³/mol. The zero-order valence-corrected chi connectivity index (χ0v) is 16.4. The molecule has 0 radical (unpaired) electrons. The molecule has 0 fully saturated rings. The van der Waals surface area contributed by atoms with Gasteiger partial charge in [-0.2, -0.15) is 26.3 Å². The van der Waals surface area contributed by atoms with Gasteiger partial charge in [-0.25, -0.2) is 4.79 Å². The molecule has 0 aliphatic carbocycles. The Labute approximate surface area is 176 Å². The third-order valence-electron chi connectivity index (χ3n) is 4.65. The highest BCUT2D eigenvalue weighted by Gasteiger charge is 2.60. The lowest BCUT2D eigenvalue weighted by Gasteiger charge is -2.23. The second-order valence-corrected chi connectivity index (χ2v) is 6.91. The van der Waals surface area contributed by atoms with Gasteiger partial charge in [0.25, 0.3) is 17.6 Å². The summed E-state index contributed by atoms with van der Waals surface area (Å²) in [4.78, 5) is 25.6. The molecule has 0 spiro atoms. The summed E-state index contributed by atoms with van der Waals surface area (Å²) in [6, 6.07) is 8.96. The number of ether oxygens (including phenoxy) is 1. The Balaban J connectivity index is 2.09. The van der Waals surface area contributed by atoms with Gasteiger partial charge in [0.1, 0.15) is 5.52 Å². The Hall–Kier alpha value is -3.57. The van der Waals surface area contributed by atoms with Crippen molar-refractivity contribution in [3.05, 3.63) is 70.1 Å². The number of ketones is 1. The first-order valence-electron chi connectivity index (χ1n) is 8.90. The number of aryl methyl sites for hydroxylation is 2. The van der Waals surface area contributed by atoms with E-state index in [9.17, 15) is 41.1 Å². The van der Waals surface area contributed by atoms with E-state index in [2.05, 4.69) is 4.74 Å². The monoisotopic (exact) mass is 460 g/mol. The van der Waals surface area contributed by atoms with E-state index in [0.717, 1.165) is 22.9 Å². The number of fused-ring (bicyclic) bond motifs is 1. The maximum Gasteiger partial charge on any atom is 0.434 e. The number of carbonyl (C=O) groups excluding carboxylic acids is 2. The molecule has 2 aromatic carbocycles. The summed E-state index contributed by atoms with van der Waals surface area (Å²) in [7, 11) is 1.36. The first-order valence-corrected chi connectivity index (χ1v) is 8.90. The van der Waals surface area contributed by atoms with Crippen LogP contribution in [0.2, 0.25) is 0 Å². The van der Waals surface area contributed by atoms with Crippen molar-refractivity contribution in [1.29, 1.82) is 0 Å². The van der Waals surface area contributed by atoms with E-state index < -0.39 is 47.0 Å². The van der Waals surface area contributed by atoms with E-state index in [-0.39, 0.29) is 10.2 Å². The lowest BCUT2D eigenvalue weighted by molar-refractivity contribution is -0.690. The normalized spacial score (nSPS) is 12.4. The van der Waals surface area contributed by atoms with Gasteiger partial charge in [-0.3, -0.25) is 4.79 Å². The molecule has 1 aromatic heterocycles. The fourth-order valence-electron chi connectivity index (χ4n) is 3.16. The average Bonchev–Trinajstić information content (AvgIpc) is 2.93. The van der Waals surface area contributed by atoms with E-state index in [1.54, 1.807) is 19.1 Å². The van der Waals surface area contributed by atoms with Crippen molar-refractivity contribution in [2.75, 3.05) is 0 Å². The number of rotatable bonds is 4. The molecular formula is C20H14F6N2O4. The van der Waals surface area contributed by atoms with Gasteiger partial charge in [-0.1, -0.05) is 28.6 Å². The molecule has 12 heteroatoms. The lowest BCUT2D eigenvalue weighted by Crippen LogP contribution is -2.45. The molecule has 0 aliphatic heterocycles. The van der Waals surface area contributed by atoms with E-state index in [0.29, 0.717) is 11.1 Å². The van der Waals surface area contributed by atoms with Crippen molar-refractivity contribution in [1.82, 2.24) is 4.68 Å². The molecule has 6 nitrogen and oxygen atoms in total. The number of esters is 1. The van der Waals surface area contributed by atoms with E-state index in [4.69, 9.17) is 0 Å². The van der Waals surface area contributed by atoms with Crippen molar-refractivity contribution in [2.24, 2.45) is 7.05 Å². The van der Waals surface area contributed by atoms with Gasteiger partial charge in [0.05, 0.1) is 18.0 Å². The number of aromatic nitrogens is 2. The Morgan fingerprint density at radius 1 is 1.00 bits per heavy atom. The van der Waals surface area contributed by atoms with Crippen LogP contribution in [0, 0.1) is 12.1 Å². The van der Waals surface area contributed by atoms with Crippen LogP contribution in [0.5, 0.6) is 0 Å². The van der Waals surface area contributed by atoms with Gasteiger partial charge >= 0.3 is 18.3 Å². The van der Waals surface area contributed by atoms with Gasteiger partial charge in [0.15, 0.2) is 0 Å². The smallest absolute Gasteiger partial charge is 0.434 e. The predicted octanol–water partition coefficient (Wildman–Crippen LogP) is 4.00. The molecule has 170 valence electrons. The molecule has 0 saturated heterocycles. The highest BCUT2D eigenvalue weighted by molar-refractivity contribution is 6.17. The number of alkyl halides is 6. The maximum atomic E-state index is 13.1. The molecule has 0 amide bonds. The fraction of sp³-hybridized carbons (Fsp3) is 0.250. The summed E-state index contributed by atoms with van der Waals surface area (Å²) in [6.45, 7) is 1.69. The number of halogens is 6. The topological polar surface area (TPSA) is 75.2 Å². The van der Waals surface area contributed by atoms with Crippen molar-refractivity contribution in [3.63, 3.8) is 0 Å². The third-order valence-corrected chi connectivity index (χ3v) is 4.65. The molecule has 3 rings (SSSR count). The Morgan fingerprint density at radius 3 is 2.12 bits per heavy atom. The minimum Gasteiger partial charge on any atom is -0.595 e. The zero-order chi connectivity index (χ0) is 24.0. The summed E-state index contributed by atoms with van der Waals surface area (Å²) >= 11 is 0. The molecule has 0 atom stereocenters. The largest absolute Gasteiger partial charge is 0.595 e. The van der Waals surface area contributed by atoms with E-state index in [1.807, 2.05) is 0 Å². The van der Waals surface area contributed by atoms with Gasteiger partial charge in [-0.15, -0.1) is 4.68 Å². The highest BCUT2D eigenvalue weighted by atomic mass is 19.4. The first-order chi connectivity index (χ1) is 14.7. The van der Waals surface area contributed by atoms with E-state index in [1.165, 1.54) is 19.2 Å². The molecule has 3 aromatic rings. The zero-order valence-electron chi connectivity index (χ0n) is 16.4. The molecule has 0 bridgehead atoms. The van der Waals surface area contributed by atoms with E-state index >= 15 is 0 Å². The number of carbonyl (C=O) groups is 2. The van der Waals surface area contributed by atoms with Crippen molar-refractivity contribution in [3.8, 4) is 0 Å². The molecule has 32 heavy (non-hydrogen) atoms. The Morgan fingerprint density at radius 2 is 1.56 bits per heavy atom. The number of nitrogens with zero attached hydrogens (tertiary/aromatic N) is 2. The summed E-state index contributed by atoms with van der Waals surface area (Å²) in [5, 5.41) is 12.8. The number of hydrogen-bond acceptors (Lipinski definition) is 4. The molecule has 0 unspecified atom stereocenters. The van der Waals surface area contributed by atoms with Gasteiger partial charge in [0, 0.05) is 5.56 Å². The van der Waals surface area contributed by atoms with Crippen LogP contribution in [-0.2, 0) is 11.8 Å². The minimum absolute atomic E-state index is 0.194. The van der Waals surface area contributed by atoms with Crippen LogP contribution in [0.3, 0.4) is 0 Å². The summed E-state index contributed by atoms with van der Waals surface area (Å²) in [5.74, 6) is -3.08. The quantitative estimate of drug-likeness (QED) is 0.194. The van der Waals surface area contributed by atoms with Gasteiger partial charge < -0.3 is 9.94 Å². The average molecular weight is 460 g/mol. The minimum atomic E-state index is -5.92. The van der Waals surface area contributed by atoms with Crippen molar-refractivity contribution in [2.45, 2.75) is 25.4 Å². The number of benzene rings is 2.